The first-order valence-electron chi connectivity index (χ1n) is 12.3. The Morgan fingerprint density at radius 2 is 1.69 bits per heavy atom. The third-order valence-corrected chi connectivity index (χ3v) is 7.35. The number of hydrogen-bond acceptors (Lipinski definition) is 9. The second-order valence-corrected chi connectivity index (χ2v) is 10.6. The molecule has 4 rings (SSSR count). The summed E-state index contributed by atoms with van der Waals surface area (Å²) in [5.74, 6) is 0.252. The van der Waals surface area contributed by atoms with Gasteiger partial charge in [-0.2, -0.15) is 9.97 Å². The molecule has 0 aliphatic heterocycles. The SMILES string of the molecule is COc1nc(N)c2ncn(CCCCOC(=O)NCc3ccc(S(=O)(=O)NCc4ccc(C)cc4)cc3)c2n1. The zero-order chi connectivity index (χ0) is 27.8. The quantitative estimate of drug-likeness (QED) is 0.224. The largest absolute Gasteiger partial charge is 0.467 e. The van der Waals surface area contributed by atoms with Crippen molar-refractivity contribution in [1.82, 2.24) is 29.6 Å². The van der Waals surface area contributed by atoms with Crippen LogP contribution in [0.3, 0.4) is 0 Å². The van der Waals surface area contributed by atoms with Crippen LogP contribution in [0.15, 0.2) is 59.8 Å². The highest BCUT2D eigenvalue weighted by Gasteiger charge is 2.14. The van der Waals surface area contributed by atoms with E-state index in [9.17, 15) is 13.2 Å². The van der Waals surface area contributed by atoms with Gasteiger partial charge in [-0.15, -0.1) is 0 Å². The molecule has 0 fully saturated rings. The Hall–Kier alpha value is -4.23. The van der Waals surface area contributed by atoms with Crippen LogP contribution in [-0.2, 0) is 34.4 Å². The second-order valence-electron chi connectivity index (χ2n) is 8.86. The number of imidazole rings is 1. The van der Waals surface area contributed by atoms with E-state index in [-0.39, 0.29) is 36.4 Å². The Morgan fingerprint density at radius 1 is 1.00 bits per heavy atom. The van der Waals surface area contributed by atoms with Crippen molar-refractivity contribution in [1.29, 1.82) is 0 Å². The van der Waals surface area contributed by atoms with Crippen molar-refractivity contribution in [2.45, 2.75) is 44.3 Å². The smallest absolute Gasteiger partial charge is 0.407 e. The van der Waals surface area contributed by atoms with Crippen molar-refractivity contribution >= 4 is 33.1 Å². The minimum Gasteiger partial charge on any atom is -0.467 e. The van der Waals surface area contributed by atoms with E-state index in [0.29, 0.717) is 24.1 Å². The molecule has 0 unspecified atom stereocenters. The van der Waals surface area contributed by atoms with Gasteiger partial charge in [0.05, 0.1) is 24.9 Å². The first-order valence-corrected chi connectivity index (χ1v) is 13.8. The normalized spacial score (nSPS) is 11.4. The van der Waals surface area contributed by atoms with Gasteiger partial charge in [-0.1, -0.05) is 42.0 Å². The van der Waals surface area contributed by atoms with Crippen LogP contribution in [0.2, 0.25) is 0 Å². The lowest BCUT2D eigenvalue weighted by Gasteiger charge is -2.10. The van der Waals surface area contributed by atoms with E-state index in [1.54, 1.807) is 18.5 Å². The molecule has 39 heavy (non-hydrogen) atoms. The monoisotopic (exact) mass is 553 g/mol. The van der Waals surface area contributed by atoms with Crippen LogP contribution in [-0.4, -0.2) is 47.7 Å². The van der Waals surface area contributed by atoms with Crippen LogP contribution in [0, 0.1) is 6.92 Å². The number of benzene rings is 2. The van der Waals surface area contributed by atoms with Gasteiger partial charge >= 0.3 is 12.1 Å². The molecule has 0 aliphatic carbocycles. The van der Waals surface area contributed by atoms with E-state index in [4.69, 9.17) is 15.2 Å². The minimum atomic E-state index is -3.66. The lowest BCUT2D eigenvalue weighted by Crippen LogP contribution is -2.25. The first-order chi connectivity index (χ1) is 18.7. The lowest BCUT2D eigenvalue weighted by molar-refractivity contribution is 0.143. The zero-order valence-electron chi connectivity index (χ0n) is 21.8. The number of amides is 1. The van der Waals surface area contributed by atoms with Crippen molar-refractivity contribution in [3.05, 3.63) is 71.5 Å². The number of aryl methyl sites for hydroxylation is 2. The van der Waals surface area contributed by atoms with Crippen molar-refractivity contribution in [2.24, 2.45) is 0 Å². The number of ether oxygens (including phenoxy) is 2. The number of fused-ring (bicyclic) bond motifs is 1. The number of alkyl carbamates (subject to hydrolysis) is 1. The van der Waals surface area contributed by atoms with E-state index in [1.807, 2.05) is 35.8 Å². The molecule has 0 saturated carbocycles. The summed E-state index contributed by atoms with van der Waals surface area (Å²) < 4.78 is 39.9. The van der Waals surface area contributed by atoms with E-state index >= 15 is 0 Å². The van der Waals surface area contributed by atoms with Crippen LogP contribution in [0.25, 0.3) is 11.2 Å². The summed E-state index contributed by atoms with van der Waals surface area (Å²) in [6.45, 7) is 3.23. The van der Waals surface area contributed by atoms with Gasteiger partial charge in [-0.3, -0.25) is 0 Å². The Balaban J connectivity index is 1.17. The molecule has 13 heteroatoms. The number of hydrogen-bond donors (Lipinski definition) is 3. The fourth-order valence-electron chi connectivity index (χ4n) is 3.73. The molecule has 0 bridgehead atoms. The maximum absolute atomic E-state index is 12.6. The summed E-state index contributed by atoms with van der Waals surface area (Å²) in [5, 5.41) is 2.67. The second kappa shape index (κ2) is 12.5. The Morgan fingerprint density at radius 3 is 2.41 bits per heavy atom. The molecule has 2 aromatic heterocycles. The number of nitrogens with two attached hydrogens (primary N) is 1. The molecular formula is C26H31N7O5S. The predicted octanol–water partition coefficient (Wildman–Crippen LogP) is 2.91. The summed E-state index contributed by atoms with van der Waals surface area (Å²) in [4.78, 5) is 24.8. The molecular weight excluding hydrogens is 522 g/mol. The first kappa shape index (κ1) is 27.8. The van der Waals surface area contributed by atoms with Crippen LogP contribution in [0.1, 0.15) is 29.5 Å². The molecule has 0 spiro atoms. The van der Waals surface area contributed by atoms with Crippen molar-refractivity contribution in [2.75, 3.05) is 19.5 Å². The van der Waals surface area contributed by atoms with Crippen LogP contribution < -0.4 is 20.5 Å². The van der Waals surface area contributed by atoms with E-state index < -0.39 is 16.1 Å². The number of aromatic nitrogens is 4. The van der Waals surface area contributed by atoms with Crippen LogP contribution >= 0.6 is 0 Å². The molecule has 4 N–H and O–H groups in total. The highest BCUT2D eigenvalue weighted by molar-refractivity contribution is 7.89. The van der Waals surface area contributed by atoms with Gasteiger partial charge < -0.3 is 25.1 Å². The zero-order valence-corrected chi connectivity index (χ0v) is 22.6. The number of rotatable bonds is 12. The number of unbranched alkanes of at least 4 members (excludes halogenated alkanes) is 1. The van der Waals surface area contributed by atoms with Crippen molar-refractivity contribution < 1.29 is 22.7 Å². The molecule has 12 nitrogen and oxygen atoms in total. The van der Waals surface area contributed by atoms with Gasteiger partial charge in [0.15, 0.2) is 11.5 Å². The maximum atomic E-state index is 12.6. The number of nitrogens with one attached hydrogen (secondary N) is 2. The Labute approximate surface area is 226 Å². The topological polar surface area (TPSA) is 163 Å². The fourth-order valence-corrected chi connectivity index (χ4v) is 4.75. The Bertz CT molecular complexity index is 1520. The van der Waals surface area contributed by atoms with Crippen LogP contribution in [0.5, 0.6) is 6.01 Å². The average molecular weight is 554 g/mol. The van der Waals surface area contributed by atoms with Gasteiger partial charge in [0.2, 0.25) is 10.0 Å². The molecule has 1 amide bonds. The number of methoxy groups -OCH3 is 1. The fraction of sp³-hybridized carbons (Fsp3) is 0.308. The third kappa shape index (κ3) is 7.42. The van der Waals surface area contributed by atoms with Crippen LogP contribution in [0.4, 0.5) is 10.6 Å². The number of carbonyl (C=O) groups is 1. The van der Waals surface area contributed by atoms with Gasteiger partial charge in [0, 0.05) is 19.6 Å². The van der Waals surface area contributed by atoms with Crippen molar-refractivity contribution in [3.8, 4) is 6.01 Å². The number of nitrogens with zero attached hydrogens (tertiary/aromatic N) is 4. The standard InChI is InChI=1S/C26H31N7O5S/c1-18-5-7-20(8-6-18)16-30-39(35,36)21-11-9-19(10-12-21)15-28-26(34)38-14-4-3-13-33-17-29-22-23(27)31-25(37-2)32-24(22)33/h5-12,17,30H,3-4,13-16H2,1-2H3,(H,28,34)(H2,27,31,32). The van der Waals surface area contributed by atoms with Gasteiger partial charge in [0.1, 0.15) is 5.52 Å². The number of nitrogen functional groups attached to an aromatic ring is 1. The van der Waals surface area contributed by atoms with Gasteiger partial charge in [-0.05, 0) is 43.0 Å². The number of anilines is 1. The summed E-state index contributed by atoms with van der Waals surface area (Å²) in [7, 11) is -2.19. The maximum Gasteiger partial charge on any atom is 0.407 e. The summed E-state index contributed by atoms with van der Waals surface area (Å²) >= 11 is 0. The Kier molecular flexibility index (Phi) is 8.94. The van der Waals surface area contributed by atoms with E-state index in [0.717, 1.165) is 23.1 Å². The van der Waals surface area contributed by atoms with Gasteiger partial charge in [0.25, 0.3) is 0 Å². The number of sulfonamides is 1. The molecule has 206 valence electrons. The third-order valence-electron chi connectivity index (χ3n) is 5.94. The lowest BCUT2D eigenvalue weighted by atomic mass is 10.2. The van der Waals surface area contributed by atoms with E-state index in [1.165, 1.54) is 19.2 Å². The molecule has 0 atom stereocenters. The summed E-state index contributed by atoms with van der Waals surface area (Å²) in [6, 6.07) is 14.1. The highest BCUT2D eigenvalue weighted by Crippen LogP contribution is 2.19. The minimum absolute atomic E-state index is 0.152. The highest BCUT2D eigenvalue weighted by atomic mass is 32.2. The van der Waals surface area contributed by atoms with Gasteiger partial charge in [-0.25, -0.2) is 22.9 Å². The molecule has 0 saturated heterocycles. The average Bonchev–Trinajstić information content (AvgIpc) is 3.35. The summed E-state index contributed by atoms with van der Waals surface area (Å²) in [5.41, 5.74) is 9.71. The molecule has 2 heterocycles. The molecule has 2 aromatic carbocycles. The molecule has 0 aliphatic rings. The number of carbonyl (C=O) groups excluding carboxylic acids is 1. The predicted molar refractivity (Wildman–Crippen MR) is 145 cm³/mol. The molecule has 4 aromatic rings. The van der Waals surface area contributed by atoms with Crippen molar-refractivity contribution in [3.63, 3.8) is 0 Å². The molecule has 0 radical (unpaired) electrons. The van der Waals surface area contributed by atoms with E-state index in [2.05, 4.69) is 25.0 Å². The summed E-state index contributed by atoms with van der Waals surface area (Å²) in [6.07, 6.45) is 2.44.